The third kappa shape index (κ3) is 11.9. The van der Waals surface area contributed by atoms with E-state index in [1.807, 2.05) is 12.1 Å². The molecule has 0 heterocycles. The molecule has 0 aromatic heterocycles. The van der Waals surface area contributed by atoms with Gasteiger partial charge < -0.3 is 19.7 Å². The van der Waals surface area contributed by atoms with Gasteiger partial charge in [0.1, 0.15) is 11.5 Å². The minimum atomic E-state index is 0.314. The van der Waals surface area contributed by atoms with E-state index in [4.69, 9.17) is 19.7 Å². The van der Waals surface area contributed by atoms with Crippen molar-refractivity contribution < 1.29 is 19.7 Å². The Hall–Kier alpha value is -2.04. The minimum Gasteiger partial charge on any atom is -0.493 e. The lowest BCUT2D eigenvalue weighted by atomic mass is 10.0. The van der Waals surface area contributed by atoms with Crippen molar-refractivity contribution in [3.63, 3.8) is 0 Å². The van der Waals surface area contributed by atoms with Crippen LogP contribution in [0.3, 0.4) is 0 Å². The van der Waals surface area contributed by atoms with Crippen LogP contribution >= 0.6 is 0 Å². The average Bonchev–Trinajstić information content (AvgIpc) is 2.87. The van der Waals surface area contributed by atoms with Gasteiger partial charge in [-0.2, -0.15) is 0 Å². The van der Waals surface area contributed by atoms with Crippen LogP contribution in [0.15, 0.2) is 48.5 Å². The number of aliphatic hydroxyl groups excluding tert-OH is 2. The van der Waals surface area contributed by atoms with Crippen molar-refractivity contribution in [1.82, 2.24) is 0 Å². The van der Waals surface area contributed by atoms with E-state index >= 15 is 0 Å². The van der Waals surface area contributed by atoms with Gasteiger partial charge in [-0.3, -0.25) is 0 Å². The molecule has 0 radical (unpaired) electrons. The normalized spacial score (nSPS) is 11.0. The van der Waals surface area contributed by atoms with Gasteiger partial charge in [0.05, 0.1) is 13.2 Å². The zero-order valence-corrected chi connectivity index (χ0v) is 21.1. The van der Waals surface area contributed by atoms with E-state index in [0.717, 1.165) is 74.4 Å². The number of unbranched alkanes of at least 4 members (excludes halogenated alkanes) is 12. The van der Waals surface area contributed by atoms with Gasteiger partial charge in [-0.1, -0.05) is 101 Å². The van der Waals surface area contributed by atoms with Gasteiger partial charge in [-0.15, -0.1) is 0 Å². The topological polar surface area (TPSA) is 58.9 Å². The first-order valence-corrected chi connectivity index (χ1v) is 13.5. The molecular formula is C30H46O4. The summed E-state index contributed by atoms with van der Waals surface area (Å²) in [4.78, 5) is 0. The number of hydrogen-bond acceptors (Lipinski definition) is 4. The van der Waals surface area contributed by atoms with E-state index in [1.54, 1.807) is 0 Å². The second kappa shape index (κ2) is 19.3. The molecule has 4 heteroatoms. The van der Waals surface area contributed by atoms with Gasteiger partial charge in [-0.05, 0) is 37.8 Å². The summed E-state index contributed by atoms with van der Waals surface area (Å²) in [5, 5.41) is 17.7. The lowest BCUT2D eigenvalue weighted by Crippen LogP contribution is -2.01. The maximum atomic E-state index is 8.84. The Balaban J connectivity index is 1.76. The van der Waals surface area contributed by atoms with E-state index in [0.29, 0.717) is 13.2 Å². The van der Waals surface area contributed by atoms with Crippen molar-refractivity contribution in [1.29, 1.82) is 0 Å². The summed E-state index contributed by atoms with van der Waals surface area (Å²) >= 11 is 0. The van der Waals surface area contributed by atoms with E-state index in [2.05, 4.69) is 36.4 Å². The first-order valence-electron chi connectivity index (χ1n) is 13.5. The van der Waals surface area contributed by atoms with Gasteiger partial charge in [0.25, 0.3) is 0 Å². The summed E-state index contributed by atoms with van der Waals surface area (Å²) in [5.74, 6) is 1.84. The summed E-state index contributed by atoms with van der Waals surface area (Å²) in [7, 11) is 0. The SMILES string of the molecule is OCCCCCCCCCOc1ccccc1-c1ccccc1OCCCCCCCCCO. The van der Waals surface area contributed by atoms with Crippen LogP contribution in [0.25, 0.3) is 11.1 Å². The van der Waals surface area contributed by atoms with Crippen LogP contribution in [0.5, 0.6) is 11.5 Å². The van der Waals surface area contributed by atoms with E-state index in [9.17, 15) is 0 Å². The third-order valence-electron chi connectivity index (χ3n) is 6.18. The first-order chi connectivity index (χ1) is 16.9. The van der Waals surface area contributed by atoms with Gasteiger partial charge >= 0.3 is 0 Å². The molecule has 0 spiro atoms. The molecule has 0 aliphatic carbocycles. The first kappa shape index (κ1) is 28.2. The molecule has 0 saturated heterocycles. The van der Waals surface area contributed by atoms with E-state index in [-0.39, 0.29) is 0 Å². The monoisotopic (exact) mass is 470 g/mol. The van der Waals surface area contributed by atoms with E-state index < -0.39 is 0 Å². The Morgan fingerprint density at radius 1 is 0.412 bits per heavy atom. The smallest absolute Gasteiger partial charge is 0.127 e. The molecule has 2 aromatic rings. The van der Waals surface area contributed by atoms with Gasteiger partial charge in [-0.25, -0.2) is 0 Å². The van der Waals surface area contributed by atoms with Crippen LogP contribution in [0.4, 0.5) is 0 Å². The molecule has 0 unspecified atom stereocenters. The molecule has 0 fully saturated rings. The molecule has 0 aliphatic heterocycles. The molecule has 2 N–H and O–H groups in total. The Labute approximate surface area is 207 Å². The third-order valence-corrected chi connectivity index (χ3v) is 6.18. The molecule has 2 rings (SSSR count). The quantitative estimate of drug-likeness (QED) is 0.185. The number of benzene rings is 2. The molecule has 34 heavy (non-hydrogen) atoms. The minimum absolute atomic E-state index is 0.314. The fourth-order valence-electron chi connectivity index (χ4n) is 4.19. The zero-order valence-electron chi connectivity index (χ0n) is 21.1. The number of rotatable bonds is 21. The fourth-order valence-corrected chi connectivity index (χ4v) is 4.19. The molecule has 0 amide bonds. The Kier molecular flexibility index (Phi) is 16.0. The lowest BCUT2D eigenvalue weighted by Gasteiger charge is -2.15. The highest BCUT2D eigenvalue weighted by Gasteiger charge is 2.11. The Morgan fingerprint density at radius 2 is 0.735 bits per heavy atom. The largest absolute Gasteiger partial charge is 0.493 e. The molecular weight excluding hydrogens is 424 g/mol. The molecule has 190 valence electrons. The van der Waals surface area contributed by atoms with Crippen molar-refractivity contribution in [3.05, 3.63) is 48.5 Å². The molecule has 0 bridgehead atoms. The highest BCUT2D eigenvalue weighted by atomic mass is 16.5. The molecule has 2 aromatic carbocycles. The van der Waals surface area contributed by atoms with Gasteiger partial charge in [0, 0.05) is 24.3 Å². The number of para-hydroxylation sites is 2. The molecule has 4 nitrogen and oxygen atoms in total. The highest BCUT2D eigenvalue weighted by molar-refractivity contribution is 5.75. The maximum Gasteiger partial charge on any atom is 0.127 e. The van der Waals surface area contributed by atoms with Crippen LogP contribution in [-0.2, 0) is 0 Å². The zero-order chi connectivity index (χ0) is 24.1. The van der Waals surface area contributed by atoms with Gasteiger partial charge in [0.2, 0.25) is 0 Å². The maximum absolute atomic E-state index is 8.84. The van der Waals surface area contributed by atoms with Crippen LogP contribution < -0.4 is 9.47 Å². The van der Waals surface area contributed by atoms with Crippen molar-refractivity contribution in [2.24, 2.45) is 0 Å². The Bertz CT molecular complexity index is 683. The van der Waals surface area contributed by atoms with Crippen molar-refractivity contribution in [3.8, 4) is 22.6 Å². The van der Waals surface area contributed by atoms with E-state index in [1.165, 1.54) is 51.4 Å². The van der Waals surface area contributed by atoms with Crippen LogP contribution in [0.1, 0.15) is 89.9 Å². The predicted molar refractivity (Wildman–Crippen MR) is 142 cm³/mol. The van der Waals surface area contributed by atoms with Crippen LogP contribution in [-0.4, -0.2) is 36.6 Å². The molecule has 0 atom stereocenters. The lowest BCUT2D eigenvalue weighted by molar-refractivity contribution is 0.281. The Morgan fingerprint density at radius 3 is 1.12 bits per heavy atom. The summed E-state index contributed by atoms with van der Waals surface area (Å²) < 4.78 is 12.4. The second-order valence-electron chi connectivity index (χ2n) is 9.09. The summed E-state index contributed by atoms with van der Waals surface area (Å²) in [5.41, 5.74) is 2.18. The van der Waals surface area contributed by atoms with Crippen molar-refractivity contribution in [2.75, 3.05) is 26.4 Å². The number of hydrogen-bond donors (Lipinski definition) is 2. The summed E-state index contributed by atoms with van der Waals surface area (Å²) in [6.45, 7) is 2.09. The standard InChI is InChI=1S/C30H46O4/c31-23-15-7-3-1-5-9-17-25-33-29-21-13-11-19-27(29)28-20-12-14-22-30(28)34-26-18-10-6-2-4-8-16-24-32/h11-14,19-22,31-32H,1-10,15-18,23-26H2. The van der Waals surface area contributed by atoms with Crippen LogP contribution in [0, 0.1) is 0 Å². The van der Waals surface area contributed by atoms with Crippen molar-refractivity contribution in [2.45, 2.75) is 89.9 Å². The number of aliphatic hydroxyl groups is 2. The average molecular weight is 471 g/mol. The van der Waals surface area contributed by atoms with Crippen LogP contribution in [0.2, 0.25) is 0 Å². The fraction of sp³-hybridized carbons (Fsp3) is 0.600. The summed E-state index contributed by atoms with van der Waals surface area (Å²) in [6.07, 6.45) is 16.0. The summed E-state index contributed by atoms with van der Waals surface area (Å²) in [6, 6.07) is 16.5. The van der Waals surface area contributed by atoms with Gasteiger partial charge in [0.15, 0.2) is 0 Å². The van der Waals surface area contributed by atoms with Crippen molar-refractivity contribution >= 4 is 0 Å². The molecule has 0 aliphatic rings. The highest BCUT2D eigenvalue weighted by Crippen LogP contribution is 2.36. The second-order valence-corrected chi connectivity index (χ2v) is 9.09. The molecule has 0 saturated carbocycles. The predicted octanol–water partition coefficient (Wildman–Crippen LogP) is 7.56. The number of ether oxygens (including phenoxy) is 2.